The molecule has 1 N–H and O–H groups in total. The lowest BCUT2D eigenvalue weighted by molar-refractivity contribution is 0.232. The summed E-state index contributed by atoms with van der Waals surface area (Å²) in [5, 5.41) is 6.85. The molecule has 7 heteroatoms. The number of nitrogens with one attached hydrogen (secondary N) is 1. The molecule has 1 aromatic heterocycles. The van der Waals surface area contributed by atoms with E-state index >= 15 is 0 Å². The van der Waals surface area contributed by atoms with Crippen molar-refractivity contribution in [2.24, 2.45) is 0 Å². The van der Waals surface area contributed by atoms with E-state index in [4.69, 9.17) is 0 Å². The highest BCUT2D eigenvalue weighted by Gasteiger charge is 2.36. The number of aromatic nitrogens is 2. The van der Waals surface area contributed by atoms with Crippen molar-refractivity contribution >= 4 is 10.2 Å². The van der Waals surface area contributed by atoms with Gasteiger partial charge in [-0.3, -0.25) is 5.10 Å². The third kappa shape index (κ3) is 2.82. The maximum absolute atomic E-state index is 12.7. The second-order valence-electron chi connectivity index (χ2n) is 4.73. The summed E-state index contributed by atoms with van der Waals surface area (Å²) in [7, 11) is -3.38. The second kappa shape index (κ2) is 6.02. The second-order valence-corrected chi connectivity index (χ2v) is 6.61. The van der Waals surface area contributed by atoms with E-state index in [1.165, 1.54) is 4.31 Å². The molecule has 2 heterocycles. The predicted octanol–water partition coefficient (Wildman–Crippen LogP) is 1.52. The molecule has 0 aromatic carbocycles. The molecule has 0 saturated carbocycles. The van der Waals surface area contributed by atoms with Gasteiger partial charge in [-0.05, 0) is 18.9 Å². The molecular formula is C12H22N4O2S. The van der Waals surface area contributed by atoms with Gasteiger partial charge in [0.1, 0.15) is 0 Å². The Morgan fingerprint density at radius 2 is 2.16 bits per heavy atom. The summed E-state index contributed by atoms with van der Waals surface area (Å²) in [5.41, 5.74) is 0.885. The Labute approximate surface area is 115 Å². The summed E-state index contributed by atoms with van der Waals surface area (Å²) >= 11 is 0. The van der Waals surface area contributed by atoms with Crippen LogP contribution >= 0.6 is 0 Å². The molecule has 0 radical (unpaired) electrons. The Balaban J connectivity index is 2.29. The number of aromatic amines is 1. The van der Waals surface area contributed by atoms with Gasteiger partial charge >= 0.3 is 0 Å². The van der Waals surface area contributed by atoms with Crippen molar-refractivity contribution in [3.05, 3.63) is 18.0 Å². The molecule has 1 saturated heterocycles. The average molecular weight is 286 g/mol. The lowest BCUT2D eigenvalue weighted by Gasteiger charge is -2.36. The summed E-state index contributed by atoms with van der Waals surface area (Å²) in [6.45, 7) is 5.34. The normalized spacial score (nSPS) is 21.9. The number of rotatable bonds is 5. The number of nitrogens with zero attached hydrogens (tertiary/aromatic N) is 3. The van der Waals surface area contributed by atoms with Crippen molar-refractivity contribution in [2.75, 3.05) is 19.6 Å². The van der Waals surface area contributed by atoms with E-state index in [1.807, 2.05) is 19.9 Å². The van der Waals surface area contributed by atoms with Crippen LogP contribution in [0.15, 0.2) is 12.3 Å². The van der Waals surface area contributed by atoms with Gasteiger partial charge in [-0.25, -0.2) is 0 Å². The van der Waals surface area contributed by atoms with Crippen molar-refractivity contribution in [1.29, 1.82) is 0 Å². The largest absolute Gasteiger partial charge is 0.282 e. The first-order valence-electron chi connectivity index (χ1n) is 6.87. The van der Waals surface area contributed by atoms with Crippen LogP contribution < -0.4 is 0 Å². The predicted molar refractivity (Wildman–Crippen MR) is 73.7 cm³/mol. The van der Waals surface area contributed by atoms with Crippen LogP contribution in [0.1, 0.15) is 44.8 Å². The molecule has 6 nitrogen and oxygen atoms in total. The van der Waals surface area contributed by atoms with Crippen LogP contribution in [0.25, 0.3) is 0 Å². The number of H-pyrrole nitrogens is 1. The van der Waals surface area contributed by atoms with Gasteiger partial charge in [-0.1, -0.05) is 20.3 Å². The van der Waals surface area contributed by atoms with Crippen LogP contribution in [0, 0.1) is 0 Å². The van der Waals surface area contributed by atoms with Gasteiger partial charge in [0.25, 0.3) is 10.2 Å². The van der Waals surface area contributed by atoms with Gasteiger partial charge in [0.05, 0.1) is 11.7 Å². The molecule has 0 bridgehead atoms. The first kappa shape index (κ1) is 14.5. The van der Waals surface area contributed by atoms with Crippen molar-refractivity contribution in [2.45, 2.75) is 39.2 Å². The minimum Gasteiger partial charge on any atom is -0.281 e. The number of piperidine rings is 1. The van der Waals surface area contributed by atoms with Crippen molar-refractivity contribution in [3.8, 4) is 0 Å². The average Bonchev–Trinajstić information content (AvgIpc) is 2.93. The zero-order valence-electron chi connectivity index (χ0n) is 11.5. The third-order valence-electron chi connectivity index (χ3n) is 3.66. The molecule has 108 valence electrons. The molecule has 1 aromatic rings. The zero-order chi connectivity index (χ0) is 13.9. The molecule has 0 amide bonds. The zero-order valence-corrected chi connectivity index (χ0v) is 12.4. The Kier molecular flexibility index (Phi) is 4.59. The van der Waals surface area contributed by atoms with Crippen LogP contribution in [-0.2, 0) is 10.2 Å². The van der Waals surface area contributed by atoms with Crippen LogP contribution in [0.2, 0.25) is 0 Å². The molecule has 2 rings (SSSR count). The lowest BCUT2D eigenvalue weighted by Crippen LogP contribution is -2.47. The first-order chi connectivity index (χ1) is 9.11. The molecule has 1 aliphatic heterocycles. The molecular weight excluding hydrogens is 264 g/mol. The maximum atomic E-state index is 12.7. The standard InChI is InChI=1S/C12H22N4O2S/c1-3-15(4-2)19(17,18)16-10-6-5-7-12(16)11-8-9-13-14-11/h8-9,12H,3-7,10H2,1-2H3,(H,13,14)/t12-/m0/s1. The molecule has 1 atom stereocenters. The smallest absolute Gasteiger partial charge is 0.281 e. The Morgan fingerprint density at radius 1 is 1.42 bits per heavy atom. The number of hydrogen-bond acceptors (Lipinski definition) is 3. The molecule has 0 unspecified atom stereocenters. The number of hydrogen-bond donors (Lipinski definition) is 1. The van der Waals surface area contributed by atoms with Gasteiger partial charge in [0.15, 0.2) is 0 Å². The van der Waals surface area contributed by atoms with Crippen LogP contribution in [-0.4, -0.2) is 46.9 Å². The molecule has 1 fully saturated rings. The topological polar surface area (TPSA) is 69.3 Å². The van der Waals surface area contributed by atoms with E-state index in [0.717, 1.165) is 25.0 Å². The summed E-state index contributed by atoms with van der Waals surface area (Å²) in [4.78, 5) is 0. The lowest BCUT2D eigenvalue weighted by atomic mass is 10.0. The van der Waals surface area contributed by atoms with E-state index in [0.29, 0.717) is 19.6 Å². The molecule has 0 aliphatic carbocycles. The highest BCUT2D eigenvalue weighted by Crippen LogP contribution is 2.32. The molecule has 0 spiro atoms. The molecule has 19 heavy (non-hydrogen) atoms. The summed E-state index contributed by atoms with van der Waals surface area (Å²) in [6, 6.07) is 1.75. The Hall–Kier alpha value is -0.920. The van der Waals surface area contributed by atoms with Gasteiger partial charge < -0.3 is 0 Å². The van der Waals surface area contributed by atoms with E-state index in [2.05, 4.69) is 10.2 Å². The van der Waals surface area contributed by atoms with Crippen LogP contribution in [0.3, 0.4) is 0 Å². The van der Waals surface area contributed by atoms with Gasteiger partial charge in [0.2, 0.25) is 0 Å². The van der Waals surface area contributed by atoms with E-state index < -0.39 is 10.2 Å². The Morgan fingerprint density at radius 3 is 2.74 bits per heavy atom. The first-order valence-corrected chi connectivity index (χ1v) is 8.27. The quantitative estimate of drug-likeness (QED) is 0.892. The maximum Gasteiger partial charge on any atom is 0.282 e. The summed E-state index contributed by atoms with van der Waals surface area (Å²) in [6.07, 6.45) is 4.49. The minimum atomic E-state index is -3.38. The van der Waals surface area contributed by atoms with E-state index in [1.54, 1.807) is 10.5 Å². The fourth-order valence-corrected chi connectivity index (χ4v) is 4.49. The van der Waals surface area contributed by atoms with Crippen molar-refractivity contribution < 1.29 is 8.42 Å². The molecule has 1 aliphatic rings. The fourth-order valence-electron chi connectivity index (χ4n) is 2.64. The Bertz CT molecular complexity index is 482. The van der Waals surface area contributed by atoms with Crippen LogP contribution in [0.5, 0.6) is 0 Å². The third-order valence-corrected chi connectivity index (χ3v) is 5.86. The van der Waals surface area contributed by atoms with Crippen molar-refractivity contribution in [1.82, 2.24) is 18.8 Å². The minimum absolute atomic E-state index is 0.109. The summed E-state index contributed by atoms with van der Waals surface area (Å²) < 4.78 is 28.5. The highest BCUT2D eigenvalue weighted by molar-refractivity contribution is 7.86. The summed E-state index contributed by atoms with van der Waals surface area (Å²) in [5.74, 6) is 0. The van der Waals surface area contributed by atoms with Crippen molar-refractivity contribution in [3.63, 3.8) is 0 Å². The van der Waals surface area contributed by atoms with E-state index in [9.17, 15) is 8.42 Å². The van der Waals surface area contributed by atoms with Crippen LogP contribution in [0.4, 0.5) is 0 Å². The highest BCUT2D eigenvalue weighted by atomic mass is 32.2. The monoisotopic (exact) mass is 286 g/mol. The van der Waals surface area contributed by atoms with E-state index in [-0.39, 0.29) is 6.04 Å². The fraction of sp³-hybridized carbons (Fsp3) is 0.750. The van der Waals surface area contributed by atoms with Gasteiger partial charge in [-0.15, -0.1) is 0 Å². The SMILES string of the molecule is CCN(CC)S(=O)(=O)N1CCCC[C@H]1c1ccn[nH]1. The van der Waals surface area contributed by atoms with Gasteiger partial charge in [-0.2, -0.15) is 22.1 Å². The van der Waals surface area contributed by atoms with Gasteiger partial charge in [0, 0.05) is 25.8 Å².